The molecule has 0 bridgehead atoms. The van der Waals surface area contributed by atoms with Gasteiger partial charge in [0, 0.05) is 6.42 Å². The molecule has 92 valence electrons. The molecule has 0 spiro atoms. The molecule has 0 saturated heterocycles. The van der Waals surface area contributed by atoms with E-state index in [0.29, 0.717) is 22.8 Å². The third kappa shape index (κ3) is 2.58. The Balaban J connectivity index is 3.32. The lowest BCUT2D eigenvalue weighted by Crippen LogP contribution is -2.04. The number of allylic oxidation sites excluding steroid dienone is 1. The van der Waals surface area contributed by atoms with Crippen LogP contribution in [0.1, 0.15) is 16.8 Å². The molecule has 4 nitrogen and oxygen atoms in total. The topological polar surface area (TPSA) is 44.8 Å². The van der Waals surface area contributed by atoms with E-state index in [1.807, 2.05) is 0 Å². The number of ketones is 1. The highest BCUT2D eigenvalue weighted by molar-refractivity contribution is 6.00. The van der Waals surface area contributed by atoms with Gasteiger partial charge in [0.2, 0.25) is 5.75 Å². The number of methoxy groups -OCH3 is 3. The van der Waals surface area contributed by atoms with Crippen molar-refractivity contribution >= 4 is 5.78 Å². The van der Waals surface area contributed by atoms with Gasteiger partial charge in [-0.3, -0.25) is 4.79 Å². The standard InChI is InChI=1S/C13H16O4/c1-5-6-10(14)9-7-8-11(15-2)13(17-4)12(9)16-3/h5,7-8H,1,6H2,2-4H3. The van der Waals surface area contributed by atoms with Crippen LogP contribution in [0, 0.1) is 0 Å². The fraction of sp³-hybridized carbons (Fsp3) is 0.308. The Kier molecular flexibility index (Phi) is 4.57. The Hall–Kier alpha value is -1.97. The first-order valence-electron chi connectivity index (χ1n) is 5.12. The van der Waals surface area contributed by atoms with Gasteiger partial charge >= 0.3 is 0 Å². The van der Waals surface area contributed by atoms with Crippen LogP contribution in [-0.2, 0) is 0 Å². The second-order valence-electron chi connectivity index (χ2n) is 3.30. The van der Waals surface area contributed by atoms with E-state index in [1.54, 1.807) is 18.2 Å². The lowest BCUT2D eigenvalue weighted by atomic mass is 10.1. The number of hydrogen-bond donors (Lipinski definition) is 0. The minimum atomic E-state index is -0.0715. The molecule has 0 aliphatic rings. The third-order valence-corrected chi connectivity index (χ3v) is 2.33. The number of benzene rings is 1. The van der Waals surface area contributed by atoms with Crippen molar-refractivity contribution in [2.75, 3.05) is 21.3 Å². The van der Waals surface area contributed by atoms with Crippen LogP contribution in [0.25, 0.3) is 0 Å². The van der Waals surface area contributed by atoms with E-state index in [-0.39, 0.29) is 12.2 Å². The fourth-order valence-electron chi connectivity index (χ4n) is 1.56. The van der Waals surface area contributed by atoms with Crippen LogP contribution in [0.2, 0.25) is 0 Å². The summed E-state index contributed by atoms with van der Waals surface area (Å²) in [6.45, 7) is 3.54. The maximum absolute atomic E-state index is 11.8. The molecule has 0 fully saturated rings. The van der Waals surface area contributed by atoms with Gasteiger partial charge in [0.1, 0.15) is 0 Å². The molecule has 0 N–H and O–H groups in total. The van der Waals surface area contributed by atoms with E-state index in [2.05, 4.69) is 6.58 Å². The Bertz CT molecular complexity index is 424. The van der Waals surface area contributed by atoms with Gasteiger partial charge in [-0.15, -0.1) is 6.58 Å². The molecule has 0 atom stereocenters. The molecule has 1 aromatic rings. The van der Waals surface area contributed by atoms with Crippen LogP contribution >= 0.6 is 0 Å². The summed E-state index contributed by atoms with van der Waals surface area (Å²) in [5.74, 6) is 1.26. The van der Waals surface area contributed by atoms with Crippen molar-refractivity contribution in [2.24, 2.45) is 0 Å². The molecular formula is C13H16O4. The molecule has 0 unspecified atom stereocenters. The minimum absolute atomic E-state index is 0.0715. The van der Waals surface area contributed by atoms with Crippen molar-refractivity contribution in [1.82, 2.24) is 0 Å². The number of rotatable bonds is 6. The van der Waals surface area contributed by atoms with E-state index in [1.165, 1.54) is 21.3 Å². The SMILES string of the molecule is C=CCC(=O)c1ccc(OC)c(OC)c1OC. The normalized spacial score (nSPS) is 9.59. The molecular weight excluding hydrogens is 220 g/mol. The zero-order valence-electron chi connectivity index (χ0n) is 10.3. The Labute approximate surface area is 101 Å². The van der Waals surface area contributed by atoms with E-state index in [4.69, 9.17) is 14.2 Å². The predicted octanol–water partition coefficient (Wildman–Crippen LogP) is 2.47. The maximum atomic E-state index is 11.8. The average Bonchev–Trinajstić information content (AvgIpc) is 2.36. The first-order valence-corrected chi connectivity index (χ1v) is 5.12. The van der Waals surface area contributed by atoms with Crippen LogP contribution in [0.3, 0.4) is 0 Å². The van der Waals surface area contributed by atoms with Gasteiger partial charge in [-0.2, -0.15) is 0 Å². The minimum Gasteiger partial charge on any atom is -0.493 e. The van der Waals surface area contributed by atoms with Gasteiger partial charge in [-0.1, -0.05) is 6.08 Å². The Morgan fingerprint density at radius 2 is 1.82 bits per heavy atom. The zero-order valence-corrected chi connectivity index (χ0v) is 10.3. The second-order valence-corrected chi connectivity index (χ2v) is 3.30. The van der Waals surface area contributed by atoms with Gasteiger partial charge < -0.3 is 14.2 Å². The van der Waals surface area contributed by atoms with E-state index < -0.39 is 0 Å². The van der Waals surface area contributed by atoms with Crippen LogP contribution < -0.4 is 14.2 Å². The van der Waals surface area contributed by atoms with Crippen LogP contribution in [0.15, 0.2) is 24.8 Å². The van der Waals surface area contributed by atoms with Crippen molar-refractivity contribution in [3.8, 4) is 17.2 Å². The van der Waals surface area contributed by atoms with Gasteiger partial charge in [0.05, 0.1) is 26.9 Å². The van der Waals surface area contributed by atoms with Gasteiger partial charge in [0.15, 0.2) is 17.3 Å². The molecule has 17 heavy (non-hydrogen) atoms. The van der Waals surface area contributed by atoms with Crippen LogP contribution in [0.4, 0.5) is 0 Å². The first kappa shape index (κ1) is 13.1. The summed E-state index contributed by atoms with van der Waals surface area (Å²) in [5, 5.41) is 0. The molecule has 0 aliphatic carbocycles. The number of carbonyl (C=O) groups excluding carboxylic acids is 1. The van der Waals surface area contributed by atoms with Crippen molar-refractivity contribution in [2.45, 2.75) is 6.42 Å². The number of ether oxygens (including phenoxy) is 3. The van der Waals surface area contributed by atoms with Crippen LogP contribution in [0.5, 0.6) is 17.2 Å². The second kappa shape index (κ2) is 5.94. The number of carbonyl (C=O) groups is 1. The van der Waals surface area contributed by atoms with Crippen molar-refractivity contribution in [1.29, 1.82) is 0 Å². The quantitative estimate of drug-likeness (QED) is 0.562. The van der Waals surface area contributed by atoms with Crippen molar-refractivity contribution in [3.05, 3.63) is 30.4 Å². The molecule has 0 saturated carbocycles. The summed E-state index contributed by atoms with van der Waals surface area (Å²) < 4.78 is 15.6. The van der Waals surface area contributed by atoms with Gasteiger partial charge in [0.25, 0.3) is 0 Å². The third-order valence-electron chi connectivity index (χ3n) is 2.33. The fourth-order valence-corrected chi connectivity index (χ4v) is 1.56. The summed E-state index contributed by atoms with van der Waals surface area (Å²) >= 11 is 0. The van der Waals surface area contributed by atoms with Crippen LogP contribution in [-0.4, -0.2) is 27.1 Å². The van der Waals surface area contributed by atoms with E-state index >= 15 is 0 Å². The van der Waals surface area contributed by atoms with Crippen molar-refractivity contribution in [3.63, 3.8) is 0 Å². The highest BCUT2D eigenvalue weighted by Crippen LogP contribution is 2.40. The summed E-state index contributed by atoms with van der Waals surface area (Å²) in [4.78, 5) is 11.8. The smallest absolute Gasteiger partial charge is 0.204 e. The van der Waals surface area contributed by atoms with Gasteiger partial charge in [-0.25, -0.2) is 0 Å². The Morgan fingerprint density at radius 3 is 2.29 bits per heavy atom. The molecule has 0 aromatic heterocycles. The summed E-state index contributed by atoms with van der Waals surface area (Å²) in [5.41, 5.74) is 0.463. The summed E-state index contributed by atoms with van der Waals surface area (Å²) in [7, 11) is 4.52. The first-order chi connectivity index (χ1) is 8.19. The van der Waals surface area contributed by atoms with E-state index in [0.717, 1.165) is 0 Å². The molecule has 0 heterocycles. The zero-order chi connectivity index (χ0) is 12.8. The highest BCUT2D eigenvalue weighted by atomic mass is 16.5. The van der Waals surface area contributed by atoms with E-state index in [9.17, 15) is 4.79 Å². The lowest BCUT2D eigenvalue weighted by Gasteiger charge is -2.14. The monoisotopic (exact) mass is 236 g/mol. The number of Topliss-reactive ketones (excluding diaryl/α,β-unsaturated/α-hetero) is 1. The predicted molar refractivity (Wildman–Crippen MR) is 65.2 cm³/mol. The molecule has 0 radical (unpaired) electrons. The molecule has 0 amide bonds. The largest absolute Gasteiger partial charge is 0.493 e. The maximum Gasteiger partial charge on any atom is 0.204 e. The summed E-state index contributed by atoms with van der Waals surface area (Å²) in [6, 6.07) is 3.34. The summed E-state index contributed by atoms with van der Waals surface area (Å²) in [6.07, 6.45) is 1.81. The molecule has 0 aliphatic heterocycles. The molecule has 1 aromatic carbocycles. The average molecular weight is 236 g/mol. The van der Waals surface area contributed by atoms with Gasteiger partial charge in [-0.05, 0) is 12.1 Å². The molecule has 1 rings (SSSR count). The number of hydrogen-bond acceptors (Lipinski definition) is 4. The highest BCUT2D eigenvalue weighted by Gasteiger charge is 2.19. The van der Waals surface area contributed by atoms with Crippen molar-refractivity contribution < 1.29 is 19.0 Å². The lowest BCUT2D eigenvalue weighted by molar-refractivity contribution is 0.0992. The molecule has 4 heteroatoms. The Morgan fingerprint density at radius 1 is 1.18 bits per heavy atom.